The first-order valence-electron chi connectivity index (χ1n) is 18.9. The molecule has 0 aliphatic carbocycles. The van der Waals surface area contributed by atoms with E-state index in [2.05, 4.69) is 199 Å². The summed E-state index contributed by atoms with van der Waals surface area (Å²) in [5.41, 5.74) is 13.2. The summed E-state index contributed by atoms with van der Waals surface area (Å²) in [5.74, 6) is 0.701. The summed E-state index contributed by atoms with van der Waals surface area (Å²) in [5, 5.41) is 4.86. The Morgan fingerprint density at radius 2 is 0.893 bits per heavy atom. The molecule has 0 amide bonds. The van der Waals surface area contributed by atoms with Gasteiger partial charge in [0.25, 0.3) is 0 Å². The summed E-state index contributed by atoms with van der Waals surface area (Å²) in [7, 11) is 0. The standard InChI is InChI=1S/C52H33N3S/c1-4-16-34(17-5-1)37-22-12-23-38(32-37)45-33-44(36-20-8-3-9-21-36)53-52(54-45)43-28-15-30-47-49(43)42-24-10-11-29-46(42)55(47)48-31-14-27-41-40-26-13-25-39(50(40)56-51(41)48)35-18-6-2-7-19-35/h1-33H. The predicted molar refractivity (Wildman–Crippen MR) is 236 cm³/mol. The Morgan fingerprint density at radius 1 is 0.357 bits per heavy atom. The van der Waals surface area contributed by atoms with Gasteiger partial charge in [0.15, 0.2) is 5.82 Å². The first-order chi connectivity index (χ1) is 27.8. The van der Waals surface area contributed by atoms with Crippen LogP contribution in [0.5, 0.6) is 0 Å². The van der Waals surface area contributed by atoms with Crippen LogP contribution in [0.2, 0.25) is 0 Å². The van der Waals surface area contributed by atoms with E-state index in [1.54, 1.807) is 0 Å². The maximum absolute atomic E-state index is 5.37. The molecular formula is C52H33N3S. The normalized spacial score (nSPS) is 11.6. The maximum atomic E-state index is 5.37. The van der Waals surface area contributed by atoms with Gasteiger partial charge in [0.2, 0.25) is 0 Å². The molecule has 0 N–H and O–H groups in total. The number of rotatable bonds is 6. The molecule has 11 rings (SSSR count). The zero-order chi connectivity index (χ0) is 37.0. The zero-order valence-corrected chi connectivity index (χ0v) is 31.1. The summed E-state index contributed by atoms with van der Waals surface area (Å²) in [6.07, 6.45) is 0. The van der Waals surface area contributed by atoms with Gasteiger partial charge in [-0.05, 0) is 52.6 Å². The Labute approximate surface area is 328 Å². The van der Waals surface area contributed by atoms with E-state index in [0.29, 0.717) is 5.82 Å². The largest absolute Gasteiger partial charge is 0.308 e. The van der Waals surface area contributed by atoms with Crippen LogP contribution in [0.25, 0.3) is 104 Å². The van der Waals surface area contributed by atoms with Crippen molar-refractivity contribution in [2.75, 3.05) is 0 Å². The number of para-hydroxylation sites is 1. The third-order valence-electron chi connectivity index (χ3n) is 10.8. The second kappa shape index (κ2) is 13.3. The number of hydrogen-bond donors (Lipinski definition) is 0. The molecule has 3 nitrogen and oxygen atoms in total. The second-order valence-corrected chi connectivity index (χ2v) is 15.2. The van der Waals surface area contributed by atoms with Gasteiger partial charge in [-0.3, -0.25) is 0 Å². The minimum absolute atomic E-state index is 0.701. The summed E-state index contributed by atoms with van der Waals surface area (Å²) in [6.45, 7) is 0. The molecule has 0 aliphatic heterocycles. The van der Waals surface area contributed by atoms with E-state index in [9.17, 15) is 0 Å². The average molecular weight is 732 g/mol. The van der Waals surface area contributed by atoms with Crippen LogP contribution >= 0.6 is 11.3 Å². The maximum Gasteiger partial charge on any atom is 0.161 e. The van der Waals surface area contributed by atoms with Crippen LogP contribution in [-0.2, 0) is 0 Å². The van der Waals surface area contributed by atoms with Gasteiger partial charge in [-0.2, -0.15) is 0 Å². The summed E-state index contributed by atoms with van der Waals surface area (Å²) >= 11 is 1.88. The predicted octanol–water partition coefficient (Wildman–Crippen LogP) is 14.3. The Bertz CT molecular complexity index is 3240. The minimum atomic E-state index is 0.701. The summed E-state index contributed by atoms with van der Waals surface area (Å²) < 4.78 is 5.01. The lowest BCUT2D eigenvalue weighted by Crippen LogP contribution is -1.97. The number of thiophene rings is 1. The first-order valence-corrected chi connectivity index (χ1v) is 19.7. The Balaban J connectivity index is 1.15. The minimum Gasteiger partial charge on any atom is -0.308 e. The van der Waals surface area contributed by atoms with Crippen LogP contribution in [0.3, 0.4) is 0 Å². The van der Waals surface area contributed by atoms with Crippen molar-refractivity contribution in [3.05, 3.63) is 200 Å². The molecule has 0 saturated heterocycles. The van der Waals surface area contributed by atoms with Crippen molar-refractivity contribution < 1.29 is 0 Å². The van der Waals surface area contributed by atoms with Crippen LogP contribution < -0.4 is 0 Å². The third-order valence-corrected chi connectivity index (χ3v) is 12.1. The van der Waals surface area contributed by atoms with Gasteiger partial charge in [-0.25, -0.2) is 9.97 Å². The van der Waals surface area contributed by atoms with E-state index < -0.39 is 0 Å². The van der Waals surface area contributed by atoms with E-state index in [4.69, 9.17) is 9.97 Å². The third kappa shape index (κ3) is 5.34. The van der Waals surface area contributed by atoms with Gasteiger partial charge in [-0.15, -0.1) is 11.3 Å². The fourth-order valence-corrected chi connectivity index (χ4v) is 9.59. The van der Waals surface area contributed by atoms with Crippen LogP contribution in [0.15, 0.2) is 200 Å². The van der Waals surface area contributed by atoms with Crippen molar-refractivity contribution in [2.45, 2.75) is 0 Å². The average Bonchev–Trinajstić information content (AvgIpc) is 3.83. The van der Waals surface area contributed by atoms with E-state index in [1.165, 1.54) is 47.9 Å². The Kier molecular flexibility index (Phi) is 7.68. The molecule has 4 heteroatoms. The highest BCUT2D eigenvalue weighted by Gasteiger charge is 2.21. The number of fused-ring (bicyclic) bond motifs is 6. The quantitative estimate of drug-likeness (QED) is 0.170. The highest BCUT2D eigenvalue weighted by atomic mass is 32.1. The molecule has 0 radical (unpaired) electrons. The molecule has 0 aliphatic rings. The topological polar surface area (TPSA) is 30.7 Å². The van der Waals surface area contributed by atoms with Crippen molar-refractivity contribution in [3.63, 3.8) is 0 Å². The first kappa shape index (κ1) is 32.3. The zero-order valence-electron chi connectivity index (χ0n) is 30.3. The number of benzene rings is 8. The molecule has 262 valence electrons. The molecule has 3 aromatic heterocycles. The van der Waals surface area contributed by atoms with Gasteiger partial charge in [0.05, 0.1) is 32.8 Å². The van der Waals surface area contributed by atoms with Crippen LogP contribution in [-0.4, -0.2) is 14.5 Å². The molecule has 8 aromatic carbocycles. The second-order valence-electron chi connectivity index (χ2n) is 14.1. The van der Waals surface area contributed by atoms with E-state index >= 15 is 0 Å². The van der Waals surface area contributed by atoms with E-state index in [1.807, 2.05) is 17.4 Å². The summed E-state index contributed by atoms with van der Waals surface area (Å²) in [6, 6.07) is 71.2. The van der Waals surface area contributed by atoms with Crippen molar-refractivity contribution in [2.24, 2.45) is 0 Å². The molecule has 56 heavy (non-hydrogen) atoms. The Hall–Kier alpha value is -7.14. The lowest BCUT2D eigenvalue weighted by molar-refractivity contribution is 1.18. The molecule has 0 spiro atoms. The van der Waals surface area contributed by atoms with Crippen molar-refractivity contribution >= 4 is 53.3 Å². The van der Waals surface area contributed by atoms with Gasteiger partial charge >= 0.3 is 0 Å². The van der Waals surface area contributed by atoms with Crippen molar-refractivity contribution in [3.8, 4) is 61.8 Å². The molecule has 0 fully saturated rings. The van der Waals surface area contributed by atoms with Crippen LogP contribution in [0.4, 0.5) is 0 Å². The monoisotopic (exact) mass is 731 g/mol. The molecular weight excluding hydrogens is 699 g/mol. The smallest absolute Gasteiger partial charge is 0.161 e. The highest BCUT2D eigenvalue weighted by Crippen LogP contribution is 2.45. The molecule has 0 atom stereocenters. The summed E-state index contributed by atoms with van der Waals surface area (Å²) in [4.78, 5) is 10.7. The van der Waals surface area contributed by atoms with Crippen LogP contribution in [0, 0.1) is 0 Å². The van der Waals surface area contributed by atoms with Crippen molar-refractivity contribution in [1.29, 1.82) is 0 Å². The van der Waals surface area contributed by atoms with E-state index in [-0.39, 0.29) is 0 Å². The fourth-order valence-electron chi connectivity index (χ4n) is 8.25. The SMILES string of the molecule is c1ccc(-c2cccc(-c3cc(-c4ccccc4)nc(-c4cccc5c4c4ccccc4n5-c4cccc5c4sc4c(-c6ccccc6)cccc45)n3)c2)cc1. The van der Waals surface area contributed by atoms with Gasteiger partial charge < -0.3 is 4.57 Å². The van der Waals surface area contributed by atoms with Gasteiger partial charge in [-0.1, -0.05) is 170 Å². The van der Waals surface area contributed by atoms with Crippen LogP contribution in [0.1, 0.15) is 0 Å². The fraction of sp³-hybridized carbons (Fsp3) is 0. The molecule has 3 heterocycles. The van der Waals surface area contributed by atoms with Gasteiger partial charge in [0, 0.05) is 42.9 Å². The Morgan fingerprint density at radius 3 is 1.68 bits per heavy atom. The number of hydrogen-bond acceptors (Lipinski definition) is 3. The van der Waals surface area contributed by atoms with E-state index in [0.717, 1.165) is 50.1 Å². The number of aromatic nitrogens is 3. The molecule has 0 bridgehead atoms. The molecule has 0 unspecified atom stereocenters. The molecule has 0 saturated carbocycles. The van der Waals surface area contributed by atoms with Crippen molar-refractivity contribution in [1.82, 2.24) is 14.5 Å². The molecule has 11 aromatic rings. The van der Waals surface area contributed by atoms with Gasteiger partial charge in [0.1, 0.15) is 0 Å². The number of nitrogens with zero attached hydrogens (tertiary/aromatic N) is 3. The highest BCUT2D eigenvalue weighted by molar-refractivity contribution is 7.26. The lowest BCUT2D eigenvalue weighted by atomic mass is 10.00. The lowest BCUT2D eigenvalue weighted by Gasteiger charge is -2.12.